The number of hydrogen-bond acceptors (Lipinski definition) is 7. The molecule has 0 saturated heterocycles. The highest BCUT2D eigenvalue weighted by Gasteiger charge is 2.32. The molecule has 1 fully saturated rings. The van der Waals surface area contributed by atoms with E-state index in [9.17, 15) is 4.79 Å². The third-order valence-electron chi connectivity index (χ3n) is 6.35. The van der Waals surface area contributed by atoms with Crippen molar-refractivity contribution in [2.24, 2.45) is 0 Å². The van der Waals surface area contributed by atoms with Gasteiger partial charge in [-0.15, -0.1) is 0 Å². The van der Waals surface area contributed by atoms with E-state index in [1.54, 1.807) is 11.8 Å². The first-order valence-electron chi connectivity index (χ1n) is 11.2. The van der Waals surface area contributed by atoms with Crippen LogP contribution in [0.3, 0.4) is 0 Å². The fraction of sp³-hybridized carbons (Fsp3) is 0.240. The molecule has 34 heavy (non-hydrogen) atoms. The first-order valence-corrected chi connectivity index (χ1v) is 11.2. The lowest BCUT2D eigenvalue weighted by atomic mass is 10.1. The molecule has 0 bridgehead atoms. The van der Waals surface area contributed by atoms with Crippen molar-refractivity contribution in [3.63, 3.8) is 0 Å². The van der Waals surface area contributed by atoms with E-state index >= 15 is 0 Å². The second-order valence-electron chi connectivity index (χ2n) is 8.55. The van der Waals surface area contributed by atoms with Gasteiger partial charge in [-0.2, -0.15) is 5.10 Å². The normalized spacial score (nSPS) is 14.5. The number of hydrogen-bond donors (Lipinski definition) is 1. The van der Waals surface area contributed by atoms with E-state index < -0.39 is 0 Å². The van der Waals surface area contributed by atoms with Gasteiger partial charge in [-0.05, 0) is 44.0 Å². The summed E-state index contributed by atoms with van der Waals surface area (Å²) in [5, 5.41) is 6.21. The lowest BCUT2D eigenvalue weighted by Crippen LogP contribution is -2.28. The van der Waals surface area contributed by atoms with E-state index in [1.165, 1.54) is 6.33 Å². The number of para-hydroxylation sites is 1. The van der Waals surface area contributed by atoms with Crippen LogP contribution in [0, 0.1) is 0 Å². The lowest BCUT2D eigenvalue weighted by molar-refractivity contribution is 0.415. The van der Waals surface area contributed by atoms with Crippen molar-refractivity contribution >= 4 is 27.8 Å². The molecule has 0 amide bonds. The molecule has 6 rings (SSSR count). The van der Waals surface area contributed by atoms with Crippen LogP contribution in [-0.4, -0.2) is 36.4 Å². The predicted octanol–water partition coefficient (Wildman–Crippen LogP) is 3.74. The Bertz CT molecular complexity index is 1620. The fourth-order valence-electron chi connectivity index (χ4n) is 4.49. The predicted molar refractivity (Wildman–Crippen MR) is 130 cm³/mol. The first kappa shape index (κ1) is 20.3. The number of aromatic nitrogens is 6. The van der Waals surface area contributed by atoms with E-state index in [1.807, 2.05) is 60.0 Å². The Kier molecular flexibility index (Phi) is 4.58. The van der Waals surface area contributed by atoms with Crippen LogP contribution in [0.25, 0.3) is 33.2 Å². The van der Waals surface area contributed by atoms with Crippen LogP contribution >= 0.6 is 0 Å². The summed E-state index contributed by atoms with van der Waals surface area (Å²) in [6, 6.07) is 14.9. The van der Waals surface area contributed by atoms with Gasteiger partial charge in [0.2, 0.25) is 0 Å². The standard InChI is InChI=1S/C25H23N7O2/c1-14(23-29-19-9-4-3-8-18(19)25(33)31(23)16-10-11-16)32-24-20(22(26)27-13-28-24)21(30-32)15-6-5-7-17(12-15)34-2/h3-9,12-14,16H,10-11H2,1-2H3,(H2,26,27,28). The van der Waals surface area contributed by atoms with Gasteiger partial charge in [-0.3, -0.25) is 9.36 Å². The molecule has 3 heterocycles. The molecule has 2 aromatic carbocycles. The number of nitrogens with two attached hydrogens (primary N) is 1. The number of ether oxygens (including phenoxy) is 1. The number of anilines is 1. The summed E-state index contributed by atoms with van der Waals surface area (Å²) in [5.74, 6) is 1.71. The summed E-state index contributed by atoms with van der Waals surface area (Å²) >= 11 is 0. The quantitative estimate of drug-likeness (QED) is 0.431. The van der Waals surface area contributed by atoms with E-state index in [-0.39, 0.29) is 17.6 Å². The Balaban J connectivity index is 1.60. The van der Waals surface area contributed by atoms with Gasteiger partial charge in [-0.1, -0.05) is 24.3 Å². The van der Waals surface area contributed by atoms with Crippen molar-refractivity contribution < 1.29 is 4.74 Å². The van der Waals surface area contributed by atoms with Gasteiger partial charge in [-0.25, -0.2) is 19.6 Å². The summed E-state index contributed by atoms with van der Waals surface area (Å²) in [6.45, 7) is 1.98. The molecule has 0 aliphatic heterocycles. The molecular weight excluding hydrogens is 430 g/mol. The van der Waals surface area contributed by atoms with Crippen molar-refractivity contribution in [2.75, 3.05) is 12.8 Å². The second kappa shape index (κ2) is 7.65. The van der Waals surface area contributed by atoms with Crippen molar-refractivity contribution in [1.29, 1.82) is 0 Å². The molecule has 1 unspecified atom stereocenters. The monoisotopic (exact) mass is 453 g/mol. The summed E-state index contributed by atoms with van der Waals surface area (Å²) in [6.07, 6.45) is 3.35. The van der Waals surface area contributed by atoms with E-state index in [0.717, 1.165) is 18.4 Å². The van der Waals surface area contributed by atoms with Gasteiger partial charge in [0.1, 0.15) is 35.5 Å². The van der Waals surface area contributed by atoms with Crippen LogP contribution in [0.5, 0.6) is 5.75 Å². The minimum Gasteiger partial charge on any atom is -0.497 e. The van der Waals surface area contributed by atoms with E-state index in [2.05, 4.69) is 9.97 Å². The lowest BCUT2D eigenvalue weighted by Gasteiger charge is -2.19. The highest BCUT2D eigenvalue weighted by atomic mass is 16.5. The van der Waals surface area contributed by atoms with Gasteiger partial charge >= 0.3 is 0 Å². The number of nitrogens with zero attached hydrogens (tertiary/aromatic N) is 6. The molecule has 1 aliphatic carbocycles. The largest absolute Gasteiger partial charge is 0.497 e. The third kappa shape index (κ3) is 3.12. The second-order valence-corrected chi connectivity index (χ2v) is 8.55. The number of methoxy groups -OCH3 is 1. The van der Waals surface area contributed by atoms with Crippen LogP contribution in [-0.2, 0) is 0 Å². The maximum Gasteiger partial charge on any atom is 0.261 e. The Labute approximate surface area is 194 Å². The molecular formula is C25H23N7O2. The third-order valence-corrected chi connectivity index (χ3v) is 6.35. The van der Waals surface area contributed by atoms with Crippen LogP contribution < -0.4 is 16.0 Å². The topological polar surface area (TPSA) is 114 Å². The fourth-order valence-corrected chi connectivity index (χ4v) is 4.49. The summed E-state index contributed by atoms with van der Waals surface area (Å²) < 4.78 is 9.02. The first-order chi connectivity index (χ1) is 16.6. The van der Waals surface area contributed by atoms with Gasteiger partial charge in [0.25, 0.3) is 5.56 Å². The molecule has 1 atom stereocenters. The smallest absolute Gasteiger partial charge is 0.261 e. The van der Waals surface area contributed by atoms with Crippen LogP contribution in [0.15, 0.2) is 59.7 Å². The van der Waals surface area contributed by atoms with E-state index in [0.29, 0.717) is 45.0 Å². The number of nitrogen functional groups attached to an aromatic ring is 1. The Hall–Kier alpha value is -4.27. The van der Waals surface area contributed by atoms with Crippen molar-refractivity contribution in [1.82, 2.24) is 29.3 Å². The average Bonchev–Trinajstić information content (AvgIpc) is 3.62. The van der Waals surface area contributed by atoms with Gasteiger partial charge in [0.15, 0.2) is 5.65 Å². The molecule has 0 spiro atoms. The van der Waals surface area contributed by atoms with Crippen LogP contribution in [0.1, 0.15) is 37.7 Å². The zero-order valence-electron chi connectivity index (χ0n) is 18.8. The zero-order chi connectivity index (χ0) is 23.4. The SMILES string of the molecule is COc1cccc(-c2nn(C(C)c3nc4ccccc4c(=O)n3C3CC3)c3ncnc(N)c23)c1. The molecule has 0 radical (unpaired) electrons. The van der Waals surface area contributed by atoms with Crippen molar-refractivity contribution in [3.05, 3.63) is 71.0 Å². The summed E-state index contributed by atoms with van der Waals surface area (Å²) in [5.41, 5.74) is 9.02. The van der Waals surface area contributed by atoms with Gasteiger partial charge < -0.3 is 10.5 Å². The molecule has 1 saturated carbocycles. The highest BCUT2D eigenvalue weighted by Crippen LogP contribution is 2.38. The molecule has 2 N–H and O–H groups in total. The van der Waals surface area contributed by atoms with Gasteiger partial charge in [0, 0.05) is 11.6 Å². The summed E-state index contributed by atoms with van der Waals surface area (Å²) in [7, 11) is 1.62. The maximum atomic E-state index is 13.4. The number of fused-ring (bicyclic) bond motifs is 2. The van der Waals surface area contributed by atoms with Crippen molar-refractivity contribution in [3.8, 4) is 17.0 Å². The molecule has 9 nitrogen and oxygen atoms in total. The molecule has 9 heteroatoms. The van der Waals surface area contributed by atoms with Crippen LogP contribution in [0.4, 0.5) is 5.82 Å². The molecule has 3 aromatic heterocycles. The van der Waals surface area contributed by atoms with Crippen LogP contribution in [0.2, 0.25) is 0 Å². The van der Waals surface area contributed by atoms with Crippen molar-refractivity contribution in [2.45, 2.75) is 31.8 Å². The Morgan fingerprint density at radius 3 is 2.74 bits per heavy atom. The highest BCUT2D eigenvalue weighted by molar-refractivity contribution is 5.98. The summed E-state index contributed by atoms with van der Waals surface area (Å²) in [4.78, 5) is 27.1. The number of rotatable bonds is 5. The molecule has 5 aromatic rings. The van der Waals surface area contributed by atoms with Gasteiger partial charge in [0.05, 0.1) is 23.4 Å². The molecule has 1 aliphatic rings. The molecule has 170 valence electrons. The zero-order valence-corrected chi connectivity index (χ0v) is 18.8. The Morgan fingerprint density at radius 1 is 1.12 bits per heavy atom. The maximum absolute atomic E-state index is 13.4. The average molecular weight is 454 g/mol. The Morgan fingerprint density at radius 2 is 1.94 bits per heavy atom. The number of benzene rings is 2. The minimum absolute atomic E-state index is 0.0198. The minimum atomic E-state index is -0.367. The van der Waals surface area contributed by atoms with E-state index in [4.69, 9.17) is 20.6 Å².